The van der Waals surface area contributed by atoms with Gasteiger partial charge in [0.1, 0.15) is 0 Å². The van der Waals surface area contributed by atoms with E-state index < -0.39 is 12.1 Å². The van der Waals surface area contributed by atoms with Crippen LogP contribution in [0.3, 0.4) is 0 Å². The second-order valence-corrected chi connectivity index (χ2v) is 4.01. The fraction of sp³-hybridized carbons (Fsp3) is 0.167. The van der Waals surface area contributed by atoms with Gasteiger partial charge in [-0.25, -0.2) is 9.59 Å². The van der Waals surface area contributed by atoms with Gasteiger partial charge >= 0.3 is 12.1 Å². The van der Waals surface area contributed by atoms with Gasteiger partial charge in [-0.1, -0.05) is 11.6 Å². The van der Waals surface area contributed by atoms with Crippen LogP contribution in [0.2, 0.25) is 5.02 Å². The second kappa shape index (κ2) is 4.70. The van der Waals surface area contributed by atoms with E-state index in [9.17, 15) is 9.59 Å². The highest BCUT2D eigenvalue weighted by Crippen LogP contribution is 2.25. The number of rotatable bonds is 2. The van der Waals surface area contributed by atoms with Gasteiger partial charge in [0.15, 0.2) is 0 Å². The summed E-state index contributed by atoms with van der Waals surface area (Å²) in [6.45, 7) is 1.90. The van der Waals surface area contributed by atoms with Gasteiger partial charge in [0.2, 0.25) is 0 Å². The Labute approximate surface area is 108 Å². The van der Waals surface area contributed by atoms with Crippen molar-refractivity contribution in [3.05, 3.63) is 35.0 Å². The lowest BCUT2D eigenvalue weighted by Crippen LogP contribution is -2.12. The number of ether oxygens (including phenoxy) is 1. The second-order valence-electron chi connectivity index (χ2n) is 3.58. The summed E-state index contributed by atoms with van der Waals surface area (Å²) in [7, 11) is 0. The summed E-state index contributed by atoms with van der Waals surface area (Å²) < 4.78 is 6.02. The lowest BCUT2D eigenvalue weighted by molar-refractivity contribution is 0.0699. The van der Waals surface area contributed by atoms with E-state index in [2.05, 4.69) is 0 Å². The monoisotopic (exact) mass is 267 g/mol. The molecule has 0 amide bonds. The van der Waals surface area contributed by atoms with Crippen LogP contribution in [-0.4, -0.2) is 28.3 Å². The zero-order valence-corrected chi connectivity index (χ0v) is 10.3. The van der Waals surface area contributed by atoms with Crippen LogP contribution in [0.25, 0.3) is 10.9 Å². The first kappa shape index (κ1) is 12.4. The molecule has 5 nitrogen and oxygen atoms in total. The van der Waals surface area contributed by atoms with Crippen molar-refractivity contribution in [2.24, 2.45) is 0 Å². The van der Waals surface area contributed by atoms with Crippen molar-refractivity contribution in [2.45, 2.75) is 6.92 Å². The molecule has 0 aliphatic heterocycles. The highest BCUT2D eigenvalue weighted by atomic mass is 35.5. The van der Waals surface area contributed by atoms with Crippen LogP contribution in [-0.2, 0) is 4.74 Å². The Kier molecular flexibility index (Phi) is 3.25. The molecule has 6 heteroatoms. The quantitative estimate of drug-likeness (QED) is 0.908. The number of hydrogen-bond acceptors (Lipinski definition) is 3. The number of carbonyl (C=O) groups is 2. The van der Waals surface area contributed by atoms with Gasteiger partial charge in [-0.15, -0.1) is 0 Å². The van der Waals surface area contributed by atoms with Crippen LogP contribution in [0.1, 0.15) is 17.3 Å². The minimum Gasteiger partial charge on any atom is -0.478 e. The Morgan fingerprint density at radius 1 is 1.44 bits per heavy atom. The molecule has 0 atom stereocenters. The van der Waals surface area contributed by atoms with Gasteiger partial charge in [-0.05, 0) is 25.1 Å². The number of halogens is 1. The number of fused-ring (bicyclic) bond motifs is 1. The highest BCUT2D eigenvalue weighted by Gasteiger charge is 2.18. The van der Waals surface area contributed by atoms with Crippen molar-refractivity contribution in [3.8, 4) is 0 Å². The summed E-state index contributed by atoms with van der Waals surface area (Å²) in [4.78, 5) is 22.8. The van der Waals surface area contributed by atoms with Crippen LogP contribution in [0.5, 0.6) is 0 Å². The summed E-state index contributed by atoms with van der Waals surface area (Å²) in [6, 6.07) is 4.68. The molecule has 2 rings (SSSR count). The lowest BCUT2D eigenvalue weighted by atomic mass is 10.2. The molecule has 1 aromatic heterocycles. The summed E-state index contributed by atoms with van der Waals surface area (Å²) in [5.74, 6) is -1.12. The maximum Gasteiger partial charge on any atom is 0.418 e. The molecule has 0 radical (unpaired) electrons. The van der Waals surface area contributed by atoms with Gasteiger partial charge in [0.05, 0.1) is 17.7 Å². The van der Waals surface area contributed by atoms with Crippen molar-refractivity contribution in [3.63, 3.8) is 0 Å². The molecule has 0 aliphatic carbocycles. The smallest absolute Gasteiger partial charge is 0.418 e. The average molecular weight is 268 g/mol. The molecule has 0 bridgehead atoms. The number of aromatic nitrogens is 1. The van der Waals surface area contributed by atoms with Crippen LogP contribution in [0, 0.1) is 0 Å². The topological polar surface area (TPSA) is 68.5 Å². The first-order valence-electron chi connectivity index (χ1n) is 5.25. The van der Waals surface area contributed by atoms with Gasteiger partial charge in [0.25, 0.3) is 0 Å². The molecule has 0 aliphatic rings. The molecule has 1 N–H and O–H groups in total. The van der Waals surface area contributed by atoms with Crippen molar-refractivity contribution in [1.82, 2.24) is 4.57 Å². The SMILES string of the molecule is CCOC(=O)n1cc(C(=O)O)c2cc(Cl)ccc21. The fourth-order valence-corrected chi connectivity index (χ4v) is 1.89. The number of hydrogen-bond donors (Lipinski definition) is 1. The summed E-state index contributed by atoms with van der Waals surface area (Å²) >= 11 is 5.83. The maximum atomic E-state index is 11.7. The first-order chi connectivity index (χ1) is 8.54. The van der Waals surface area contributed by atoms with Crippen LogP contribution < -0.4 is 0 Å². The highest BCUT2D eigenvalue weighted by molar-refractivity contribution is 6.31. The third-order valence-electron chi connectivity index (χ3n) is 2.46. The molecule has 18 heavy (non-hydrogen) atoms. The molecule has 0 fully saturated rings. The molecule has 1 heterocycles. The van der Waals surface area contributed by atoms with E-state index in [1.54, 1.807) is 19.1 Å². The molecular weight excluding hydrogens is 258 g/mol. The summed E-state index contributed by atoms with van der Waals surface area (Å²) in [6.07, 6.45) is 0.624. The van der Waals surface area contributed by atoms with Crippen molar-refractivity contribution in [2.75, 3.05) is 6.61 Å². The fourth-order valence-electron chi connectivity index (χ4n) is 1.72. The summed E-state index contributed by atoms with van der Waals surface area (Å²) in [5.41, 5.74) is 0.468. The van der Waals surface area contributed by atoms with E-state index in [4.69, 9.17) is 21.4 Å². The van der Waals surface area contributed by atoms with Gasteiger partial charge < -0.3 is 9.84 Å². The Morgan fingerprint density at radius 3 is 2.78 bits per heavy atom. The summed E-state index contributed by atoms with van der Waals surface area (Å²) in [5, 5.41) is 9.90. The van der Waals surface area contributed by atoms with E-state index in [1.165, 1.54) is 16.8 Å². The molecule has 0 saturated carbocycles. The third-order valence-corrected chi connectivity index (χ3v) is 2.70. The Bertz CT molecular complexity index is 632. The van der Waals surface area contributed by atoms with E-state index in [1.807, 2.05) is 0 Å². The van der Waals surface area contributed by atoms with E-state index in [0.717, 1.165) is 0 Å². The first-order valence-corrected chi connectivity index (χ1v) is 5.63. The third kappa shape index (κ3) is 2.04. The zero-order chi connectivity index (χ0) is 13.3. The minimum absolute atomic E-state index is 0.0144. The standard InChI is InChI=1S/C12H10ClNO4/c1-2-18-12(17)14-6-9(11(15)16)8-5-7(13)3-4-10(8)14/h3-6H,2H2,1H3,(H,15,16). The van der Waals surface area contributed by atoms with Gasteiger partial charge in [-0.2, -0.15) is 0 Å². The van der Waals surface area contributed by atoms with Gasteiger partial charge in [-0.3, -0.25) is 4.57 Å². The number of aromatic carboxylic acids is 1. The Morgan fingerprint density at radius 2 is 2.17 bits per heavy atom. The lowest BCUT2D eigenvalue weighted by Gasteiger charge is -2.03. The van der Waals surface area contributed by atoms with Crippen molar-refractivity contribution in [1.29, 1.82) is 0 Å². The maximum absolute atomic E-state index is 11.7. The predicted octanol–water partition coefficient (Wildman–Crippen LogP) is 3.00. The van der Waals surface area contributed by atoms with E-state index in [-0.39, 0.29) is 12.2 Å². The van der Waals surface area contributed by atoms with Crippen LogP contribution in [0.15, 0.2) is 24.4 Å². The van der Waals surface area contributed by atoms with Crippen molar-refractivity contribution >= 4 is 34.6 Å². The largest absolute Gasteiger partial charge is 0.478 e. The number of carboxylic acid groups (broad SMARTS) is 1. The number of carboxylic acids is 1. The molecule has 1 aromatic carbocycles. The van der Waals surface area contributed by atoms with Crippen molar-refractivity contribution < 1.29 is 19.4 Å². The van der Waals surface area contributed by atoms with Crippen LogP contribution >= 0.6 is 11.6 Å². The number of carbonyl (C=O) groups excluding carboxylic acids is 1. The molecule has 94 valence electrons. The molecule has 2 aromatic rings. The van der Waals surface area contributed by atoms with E-state index in [0.29, 0.717) is 15.9 Å². The van der Waals surface area contributed by atoms with Crippen LogP contribution in [0.4, 0.5) is 4.79 Å². The zero-order valence-electron chi connectivity index (χ0n) is 9.51. The Balaban J connectivity index is 2.68. The predicted molar refractivity (Wildman–Crippen MR) is 66.3 cm³/mol. The Hall–Kier alpha value is -2.01. The molecule has 0 spiro atoms. The van der Waals surface area contributed by atoms with Gasteiger partial charge in [0, 0.05) is 16.6 Å². The number of benzene rings is 1. The molecule has 0 saturated heterocycles. The molecule has 0 unspecified atom stereocenters. The minimum atomic E-state index is -1.12. The average Bonchev–Trinajstić information content (AvgIpc) is 2.68. The number of nitrogens with zero attached hydrogens (tertiary/aromatic N) is 1. The molecular formula is C12H10ClNO4. The van der Waals surface area contributed by atoms with E-state index >= 15 is 0 Å². The normalized spacial score (nSPS) is 10.6.